The number of nitrogen functional groups attached to an aromatic ring is 1. The lowest BCUT2D eigenvalue weighted by atomic mass is 10.2. The first-order valence-corrected chi connectivity index (χ1v) is 11.0. The summed E-state index contributed by atoms with van der Waals surface area (Å²) >= 11 is 1.49. The maximum Gasteiger partial charge on any atom is 0.192 e. The standard InChI is InChI=1S/C24H19FN6S/c25-18-12-10-17(11-13-18)23-29-30-24(31(23)14-16-6-2-1-3-7-16)32-15-21-27-20-9-5-4-8-19(20)22(26)28-21/h1-13H,14-15H2,(H2,26,27,28). The van der Waals surface area contributed by atoms with E-state index in [-0.39, 0.29) is 5.82 Å². The van der Waals surface area contributed by atoms with E-state index in [4.69, 9.17) is 5.73 Å². The minimum absolute atomic E-state index is 0.288. The molecule has 2 aromatic heterocycles. The fourth-order valence-electron chi connectivity index (χ4n) is 3.46. The van der Waals surface area contributed by atoms with Crippen molar-refractivity contribution in [2.24, 2.45) is 0 Å². The summed E-state index contributed by atoms with van der Waals surface area (Å²) in [6.07, 6.45) is 0. The minimum Gasteiger partial charge on any atom is -0.383 e. The number of nitrogens with zero attached hydrogens (tertiary/aromatic N) is 5. The van der Waals surface area contributed by atoms with Gasteiger partial charge in [-0.15, -0.1) is 10.2 Å². The lowest BCUT2D eigenvalue weighted by molar-refractivity contribution is 0.628. The average Bonchev–Trinajstić information content (AvgIpc) is 3.21. The lowest BCUT2D eigenvalue weighted by Gasteiger charge is -2.11. The number of para-hydroxylation sites is 1. The van der Waals surface area contributed by atoms with Crippen LogP contribution < -0.4 is 5.73 Å². The smallest absolute Gasteiger partial charge is 0.192 e. The normalized spacial score (nSPS) is 11.2. The zero-order valence-corrected chi connectivity index (χ0v) is 17.8. The number of nitrogens with two attached hydrogens (primary N) is 1. The Bertz CT molecular complexity index is 1370. The molecule has 0 amide bonds. The fourth-order valence-corrected chi connectivity index (χ4v) is 4.25. The molecule has 0 saturated heterocycles. The van der Waals surface area contributed by atoms with Gasteiger partial charge in [0.1, 0.15) is 17.5 Å². The van der Waals surface area contributed by atoms with Gasteiger partial charge in [0.2, 0.25) is 0 Å². The van der Waals surface area contributed by atoms with Crippen LogP contribution in [0.15, 0.2) is 84.0 Å². The van der Waals surface area contributed by atoms with Crippen molar-refractivity contribution >= 4 is 28.5 Å². The van der Waals surface area contributed by atoms with E-state index >= 15 is 0 Å². The summed E-state index contributed by atoms with van der Waals surface area (Å²) in [5.74, 6) is 1.97. The van der Waals surface area contributed by atoms with Crippen LogP contribution in [0.5, 0.6) is 0 Å². The molecule has 0 aliphatic rings. The zero-order valence-electron chi connectivity index (χ0n) is 17.0. The summed E-state index contributed by atoms with van der Waals surface area (Å²) < 4.78 is 15.5. The molecule has 0 unspecified atom stereocenters. The zero-order chi connectivity index (χ0) is 21.9. The molecule has 5 aromatic rings. The highest BCUT2D eigenvalue weighted by Crippen LogP contribution is 2.28. The van der Waals surface area contributed by atoms with E-state index in [9.17, 15) is 4.39 Å². The molecule has 0 aliphatic heterocycles. The Labute approximate surface area is 188 Å². The van der Waals surface area contributed by atoms with E-state index in [2.05, 4.69) is 32.3 Å². The second kappa shape index (κ2) is 8.76. The number of fused-ring (bicyclic) bond motifs is 1. The van der Waals surface area contributed by atoms with Crippen molar-refractivity contribution in [3.05, 3.63) is 96.1 Å². The second-order valence-corrected chi connectivity index (χ2v) is 8.16. The van der Waals surface area contributed by atoms with Gasteiger partial charge in [0.15, 0.2) is 11.0 Å². The van der Waals surface area contributed by atoms with Crippen molar-refractivity contribution in [3.63, 3.8) is 0 Å². The Hall–Kier alpha value is -3.78. The number of rotatable bonds is 6. The van der Waals surface area contributed by atoms with E-state index in [1.807, 2.05) is 47.0 Å². The van der Waals surface area contributed by atoms with Gasteiger partial charge in [0, 0.05) is 10.9 Å². The van der Waals surface area contributed by atoms with Gasteiger partial charge in [-0.2, -0.15) is 0 Å². The lowest BCUT2D eigenvalue weighted by Crippen LogP contribution is -2.05. The minimum atomic E-state index is -0.288. The molecule has 32 heavy (non-hydrogen) atoms. The molecule has 0 saturated carbocycles. The van der Waals surface area contributed by atoms with E-state index in [0.29, 0.717) is 29.8 Å². The number of halogens is 1. The first-order valence-electron chi connectivity index (χ1n) is 10.0. The van der Waals surface area contributed by atoms with Crippen molar-refractivity contribution < 1.29 is 4.39 Å². The van der Waals surface area contributed by atoms with E-state index < -0.39 is 0 Å². The van der Waals surface area contributed by atoms with Crippen LogP contribution in [0.1, 0.15) is 11.4 Å². The maximum absolute atomic E-state index is 13.4. The van der Waals surface area contributed by atoms with Crippen LogP contribution in [0.25, 0.3) is 22.3 Å². The van der Waals surface area contributed by atoms with Crippen LogP contribution in [0, 0.1) is 5.82 Å². The third kappa shape index (κ3) is 4.17. The predicted molar refractivity (Wildman–Crippen MR) is 124 cm³/mol. The van der Waals surface area contributed by atoms with Gasteiger partial charge in [0.05, 0.1) is 17.8 Å². The van der Waals surface area contributed by atoms with Crippen LogP contribution in [-0.2, 0) is 12.3 Å². The second-order valence-electron chi connectivity index (χ2n) is 7.22. The summed E-state index contributed by atoms with van der Waals surface area (Å²) in [4.78, 5) is 9.08. The van der Waals surface area contributed by atoms with Gasteiger partial charge in [-0.1, -0.05) is 54.2 Å². The molecule has 0 atom stereocenters. The molecule has 3 aromatic carbocycles. The van der Waals surface area contributed by atoms with Gasteiger partial charge in [-0.3, -0.25) is 4.57 Å². The highest BCUT2D eigenvalue weighted by molar-refractivity contribution is 7.98. The number of anilines is 1. The third-order valence-corrected chi connectivity index (χ3v) is 5.97. The summed E-state index contributed by atoms with van der Waals surface area (Å²) in [5.41, 5.74) is 8.85. The molecule has 0 radical (unpaired) electrons. The summed E-state index contributed by atoms with van der Waals surface area (Å²) in [5, 5.41) is 10.4. The van der Waals surface area contributed by atoms with Gasteiger partial charge in [-0.05, 0) is 42.0 Å². The van der Waals surface area contributed by atoms with Crippen molar-refractivity contribution in [1.29, 1.82) is 0 Å². The van der Waals surface area contributed by atoms with E-state index in [1.165, 1.54) is 23.9 Å². The predicted octanol–water partition coefficient (Wildman–Crippen LogP) is 4.95. The molecule has 0 fully saturated rings. The molecular weight excluding hydrogens is 423 g/mol. The van der Waals surface area contributed by atoms with Crippen molar-refractivity contribution in [3.8, 4) is 11.4 Å². The van der Waals surface area contributed by atoms with E-state index in [1.54, 1.807) is 12.1 Å². The van der Waals surface area contributed by atoms with Gasteiger partial charge >= 0.3 is 0 Å². The topological polar surface area (TPSA) is 82.5 Å². The summed E-state index contributed by atoms with van der Waals surface area (Å²) in [6, 6.07) is 24.0. The molecule has 0 spiro atoms. The van der Waals surface area contributed by atoms with Gasteiger partial charge < -0.3 is 5.73 Å². The molecule has 8 heteroatoms. The fraction of sp³-hybridized carbons (Fsp3) is 0.0833. The maximum atomic E-state index is 13.4. The largest absolute Gasteiger partial charge is 0.383 e. The monoisotopic (exact) mass is 442 g/mol. The number of hydrogen-bond donors (Lipinski definition) is 1. The molecule has 6 nitrogen and oxygen atoms in total. The van der Waals surface area contributed by atoms with Crippen LogP contribution in [0.4, 0.5) is 10.2 Å². The Balaban J connectivity index is 1.47. The molecule has 0 aliphatic carbocycles. The Morgan fingerprint density at radius 1 is 0.844 bits per heavy atom. The Morgan fingerprint density at radius 3 is 2.41 bits per heavy atom. The van der Waals surface area contributed by atoms with E-state index in [0.717, 1.165) is 27.2 Å². The van der Waals surface area contributed by atoms with Crippen molar-refractivity contribution in [2.75, 3.05) is 5.73 Å². The van der Waals surface area contributed by atoms with Crippen molar-refractivity contribution in [2.45, 2.75) is 17.5 Å². The van der Waals surface area contributed by atoms with Crippen molar-refractivity contribution in [1.82, 2.24) is 24.7 Å². The van der Waals surface area contributed by atoms with Gasteiger partial charge in [0.25, 0.3) is 0 Å². The highest BCUT2D eigenvalue weighted by atomic mass is 32.2. The first-order chi connectivity index (χ1) is 15.7. The first kappa shape index (κ1) is 20.1. The number of hydrogen-bond acceptors (Lipinski definition) is 6. The SMILES string of the molecule is Nc1nc(CSc2nnc(-c3ccc(F)cc3)n2Cc2ccccc2)nc2ccccc12. The highest BCUT2D eigenvalue weighted by Gasteiger charge is 2.16. The molecule has 0 bridgehead atoms. The van der Waals surface area contributed by atoms with Crippen LogP contribution >= 0.6 is 11.8 Å². The number of thioether (sulfide) groups is 1. The average molecular weight is 443 g/mol. The van der Waals surface area contributed by atoms with Crippen LogP contribution in [-0.4, -0.2) is 24.7 Å². The van der Waals surface area contributed by atoms with Crippen LogP contribution in [0.3, 0.4) is 0 Å². The Morgan fingerprint density at radius 2 is 1.59 bits per heavy atom. The van der Waals surface area contributed by atoms with Crippen LogP contribution in [0.2, 0.25) is 0 Å². The number of benzene rings is 3. The molecule has 2 N–H and O–H groups in total. The third-order valence-electron chi connectivity index (χ3n) is 5.01. The molecular formula is C24H19FN6S. The number of aromatic nitrogens is 5. The van der Waals surface area contributed by atoms with Gasteiger partial charge in [-0.25, -0.2) is 14.4 Å². The molecule has 5 rings (SSSR count). The molecule has 158 valence electrons. The quantitative estimate of drug-likeness (QED) is 0.375. The Kier molecular flexibility index (Phi) is 5.51. The summed E-state index contributed by atoms with van der Waals surface area (Å²) in [7, 11) is 0. The molecule has 2 heterocycles. The summed E-state index contributed by atoms with van der Waals surface area (Å²) in [6.45, 7) is 0.587.